The lowest BCUT2D eigenvalue weighted by Gasteiger charge is -2.46. The summed E-state index contributed by atoms with van der Waals surface area (Å²) in [5.41, 5.74) is 26.9. The van der Waals surface area contributed by atoms with Crippen LogP contribution in [0.3, 0.4) is 0 Å². The van der Waals surface area contributed by atoms with E-state index in [0.29, 0.717) is 0 Å². The van der Waals surface area contributed by atoms with Gasteiger partial charge in [-0.15, -0.1) is 11.3 Å². The molecular weight excluding hydrogens is 986 g/mol. The van der Waals surface area contributed by atoms with E-state index in [0.717, 1.165) is 23.5 Å². The van der Waals surface area contributed by atoms with Gasteiger partial charge in [-0.25, -0.2) is 0 Å². The molecule has 0 fully saturated rings. The van der Waals surface area contributed by atoms with E-state index in [1.807, 2.05) is 0 Å². The minimum atomic E-state index is -0.000988. The first-order chi connectivity index (χ1) is 38.0. The number of para-hydroxylation sites is 1. The van der Waals surface area contributed by atoms with Crippen molar-refractivity contribution < 1.29 is 0 Å². The molecule has 1 aromatic heterocycles. The van der Waals surface area contributed by atoms with Gasteiger partial charge in [0.15, 0.2) is 0 Å². The predicted octanol–water partition coefficient (Wildman–Crippen LogP) is 19.5. The average molecular weight is 1060 g/mol. The SMILES string of the molecule is Cc1cc2c3c(c1)N(c1ccc4c(c1)C(C)(C)CCC4(C)C)c1c(sc4cc5c(cc14)C(C)(C)CCC5(C)C)B3c1ccc(N(c3ccccc3)c3ccc(-c4ccccc4)cc3)cc1N2c1ccc2c(c1)C(C)(C)CCC2(C)C. The third-order valence-corrected chi connectivity index (χ3v) is 21.7. The lowest BCUT2D eigenvalue weighted by atomic mass is 9.36. The third kappa shape index (κ3) is 7.86. The Labute approximate surface area is 481 Å². The molecule has 8 aromatic carbocycles. The van der Waals surface area contributed by atoms with Crippen molar-refractivity contribution in [1.29, 1.82) is 0 Å². The Balaban J connectivity index is 1.06. The van der Waals surface area contributed by atoms with Crippen molar-refractivity contribution in [3.8, 4) is 11.1 Å². The average Bonchev–Trinajstić information content (AvgIpc) is 2.71. The molecule has 0 spiro atoms. The van der Waals surface area contributed by atoms with E-state index < -0.39 is 0 Å². The second kappa shape index (κ2) is 17.6. The summed E-state index contributed by atoms with van der Waals surface area (Å²) in [5, 5.41) is 1.38. The van der Waals surface area contributed by atoms with Gasteiger partial charge in [-0.05, 0) is 224 Å². The molecule has 0 bridgehead atoms. The number of benzene rings is 8. The van der Waals surface area contributed by atoms with Gasteiger partial charge in [-0.2, -0.15) is 0 Å². The Bertz CT molecular complexity index is 3990. The number of fused-ring (bicyclic) bond motifs is 9. The maximum Gasteiger partial charge on any atom is 0.264 e. The molecule has 0 radical (unpaired) electrons. The van der Waals surface area contributed by atoms with Crippen molar-refractivity contribution in [2.45, 2.75) is 161 Å². The standard InChI is InChI=1S/C75H78BN3S/c1-47-40-64-67-65(41-47)79(53-29-32-57-59(43-53)73(8,9)37-35-71(57,4)5)68-55-45-60-61(75(12,13)39-38-74(60,10)11)46-66(55)80-69(68)76(67)62-33-30-54(44-63(62)78(64)52-28-31-56-58(42-52)72(6,7)36-34-70(56,2)3)77(50-22-18-15-19-23-50)51-26-24-49(25-27-51)48-20-16-14-17-21-48/h14-33,40-46H,34-39H2,1-13H3. The molecule has 0 saturated heterocycles. The van der Waals surface area contributed by atoms with Crippen LogP contribution in [0.5, 0.6) is 0 Å². The summed E-state index contributed by atoms with van der Waals surface area (Å²) in [7, 11) is 0. The van der Waals surface area contributed by atoms with Crippen LogP contribution >= 0.6 is 11.3 Å². The normalized spacial score (nSPS) is 19.0. The zero-order valence-electron chi connectivity index (χ0n) is 49.7. The van der Waals surface area contributed by atoms with Crippen molar-refractivity contribution in [1.82, 2.24) is 0 Å². The summed E-state index contributed by atoms with van der Waals surface area (Å²) in [4.78, 5) is 7.89. The van der Waals surface area contributed by atoms with Crippen molar-refractivity contribution in [3.05, 3.63) is 203 Å². The fourth-order valence-electron chi connectivity index (χ4n) is 15.2. The molecule has 5 heteroatoms. The monoisotopic (exact) mass is 1060 g/mol. The number of aryl methyl sites for hydroxylation is 1. The van der Waals surface area contributed by atoms with Crippen LogP contribution in [0.1, 0.15) is 161 Å². The van der Waals surface area contributed by atoms with Crippen molar-refractivity contribution in [2.24, 2.45) is 0 Å². The second-order valence-corrected chi connectivity index (χ2v) is 29.7. The van der Waals surface area contributed by atoms with Crippen LogP contribution in [0.4, 0.5) is 51.2 Å². The molecule has 2 aliphatic heterocycles. The maximum atomic E-state index is 2.74. The van der Waals surface area contributed by atoms with E-state index >= 15 is 0 Å². The van der Waals surface area contributed by atoms with E-state index in [1.165, 1.54) is 142 Å². The topological polar surface area (TPSA) is 9.72 Å². The van der Waals surface area contributed by atoms with Crippen LogP contribution < -0.4 is 30.4 Å². The van der Waals surface area contributed by atoms with Gasteiger partial charge in [0.2, 0.25) is 0 Å². The highest BCUT2D eigenvalue weighted by Gasteiger charge is 2.48. The molecular formula is C75H78BN3S. The fourth-order valence-corrected chi connectivity index (χ4v) is 16.6. The highest BCUT2D eigenvalue weighted by atomic mass is 32.1. The number of thiophene rings is 1. The van der Waals surface area contributed by atoms with Crippen LogP contribution in [0.15, 0.2) is 164 Å². The van der Waals surface area contributed by atoms with Crippen LogP contribution in [-0.4, -0.2) is 6.71 Å². The Kier molecular flexibility index (Phi) is 11.3. The van der Waals surface area contributed by atoms with Gasteiger partial charge in [0, 0.05) is 60.4 Å². The Hall–Kier alpha value is -6.82. The molecule has 5 aliphatic rings. The molecule has 0 saturated carbocycles. The Morgan fingerprint density at radius 3 is 1.41 bits per heavy atom. The Morgan fingerprint density at radius 1 is 0.400 bits per heavy atom. The summed E-state index contributed by atoms with van der Waals surface area (Å²) in [6.45, 7) is 32.0. The van der Waals surface area contributed by atoms with Crippen LogP contribution in [0.2, 0.25) is 0 Å². The van der Waals surface area contributed by atoms with Gasteiger partial charge in [0.25, 0.3) is 6.71 Å². The van der Waals surface area contributed by atoms with E-state index in [-0.39, 0.29) is 39.2 Å². The summed E-state index contributed by atoms with van der Waals surface area (Å²) < 4.78 is 2.83. The zero-order chi connectivity index (χ0) is 55.6. The van der Waals surface area contributed by atoms with Gasteiger partial charge in [0.1, 0.15) is 0 Å². The van der Waals surface area contributed by atoms with Crippen molar-refractivity contribution in [3.63, 3.8) is 0 Å². The lowest BCUT2D eigenvalue weighted by molar-refractivity contribution is 0.332. The zero-order valence-corrected chi connectivity index (χ0v) is 50.5. The molecule has 402 valence electrons. The van der Waals surface area contributed by atoms with E-state index in [9.17, 15) is 0 Å². The molecule has 14 rings (SSSR count). The predicted molar refractivity (Wildman–Crippen MR) is 347 cm³/mol. The van der Waals surface area contributed by atoms with E-state index in [4.69, 9.17) is 0 Å². The molecule has 3 aliphatic carbocycles. The van der Waals surface area contributed by atoms with Crippen molar-refractivity contribution in [2.75, 3.05) is 14.7 Å². The summed E-state index contributed by atoms with van der Waals surface area (Å²) >= 11 is 2.06. The number of hydrogen-bond donors (Lipinski definition) is 0. The van der Waals surface area contributed by atoms with Crippen molar-refractivity contribution >= 4 is 95.0 Å². The number of rotatable bonds is 6. The first-order valence-electron chi connectivity index (χ1n) is 29.8. The molecule has 3 nitrogen and oxygen atoms in total. The first-order valence-corrected chi connectivity index (χ1v) is 30.6. The molecule has 0 atom stereocenters. The van der Waals surface area contributed by atoms with Gasteiger partial charge in [-0.3, -0.25) is 0 Å². The Morgan fingerprint density at radius 2 is 0.850 bits per heavy atom. The minimum absolute atomic E-state index is 0.000988. The van der Waals surface area contributed by atoms with Gasteiger partial charge in [-0.1, -0.05) is 162 Å². The summed E-state index contributed by atoms with van der Waals surface area (Å²) in [6.07, 6.45) is 7.07. The minimum Gasteiger partial charge on any atom is -0.311 e. The largest absolute Gasteiger partial charge is 0.311 e. The van der Waals surface area contributed by atoms with Gasteiger partial charge in [0.05, 0.1) is 5.69 Å². The van der Waals surface area contributed by atoms with Crippen LogP contribution in [0.25, 0.3) is 21.2 Å². The maximum absolute atomic E-state index is 2.74. The quantitative estimate of drug-likeness (QED) is 0.154. The highest BCUT2D eigenvalue weighted by Crippen LogP contribution is 2.56. The summed E-state index contributed by atoms with van der Waals surface area (Å²) in [5.74, 6) is 0. The van der Waals surface area contributed by atoms with Crippen LogP contribution in [-0.2, 0) is 32.5 Å². The second-order valence-electron chi connectivity index (χ2n) is 28.6. The van der Waals surface area contributed by atoms with E-state index in [2.05, 4.69) is 280 Å². The highest BCUT2D eigenvalue weighted by molar-refractivity contribution is 7.33. The third-order valence-electron chi connectivity index (χ3n) is 20.5. The van der Waals surface area contributed by atoms with Gasteiger partial charge >= 0.3 is 0 Å². The molecule has 0 amide bonds. The van der Waals surface area contributed by atoms with E-state index in [1.54, 1.807) is 0 Å². The lowest BCUT2D eigenvalue weighted by Crippen LogP contribution is -2.60. The number of hydrogen-bond acceptors (Lipinski definition) is 4. The molecule has 3 heterocycles. The molecule has 80 heavy (non-hydrogen) atoms. The van der Waals surface area contributed by atoms with Crippen LogP contribution in [0, 0.1) is 6.92 Å². The molecule has 0 N–H and O–H groups in total. The molecule has 9 aromatic rings. The van der Waals surface area contributed by atoms with Gasteiger partial charge < -0.3 is 14.7 Å². The molecule has 0 unspecified atom stereocenters. The summed E-state index contributed by atoms with van der Waals surface area (Å²) in [6, 6.07) is 63.8. The first kappa shape index (κ1) is 51.3. The number of nitrogens with zero attached hydrogens (tertiary/aromatic N) is 3. The number of anilines is 9. The smallest absolute Gasteiger partial charge is 0.264 e. The fraction of sp³-hybridized carbons (Fsp3) is 0.333.